The predicted molar refractivity (Wildman–Crippen MR) is 58.4 cm³/mol. The summed E-state index contributed by atoms with van der Waals surface area (Å²) in [5.74, 6) is -0.202. The highest BCUT2D eigenvalue weighted by molar-refractivity contribution is 5.71. The van der Waals surface area contributed by atoms with Crippen LogP contribution in [0.5, 0.6) is 0 Å². The highest BCUT2D eigenvalue weighted by Gasteiger charge is 2.02. The molecule has 1 aromatic rings. The molecule has 0 aliphatic rings. The lowest BCUT2D eigenvalue weighted by molar-refractivity contribution is -0.142. The molecule has 84 valence electrons. The first kappa shape index (κ1) is 11.8. The van der Waals surface area contributed by atoms with Crippen molar-refractivity contribution in [2.75, 3.05) is 13.2 Å². The van der Waals surface area contributed by atoms with Crippen LogP contribution in [0.15, 0.2) is 18.3 Å². The minimum Gasteiger partial charge on any atom is -0.465 e. The summed E-state index contributed by atoms with van der Waals surface area (Å²) in [6.07, 6.45) is 2.03. The summed E-state index contributed by atoms with van der Waals surface area (Å²) >= 11 is 0. The molecule has 0 saturated heterocycles. The molecule has 0 aliphatic carbocycles. The molecule has 0 unspecified atom stereocenters. The number of rotatable bonds is 6. The van der Waals surface area contributed by atoms with Gasteiger partial charge in [-0.2, -0.15) is 0 Å². The fraction of sp³-hybridized carbons (Fsp3) is 0.545. The number of carbonyl (C=O) groups excluding carboxylic acids is 1. The van der Waals surface area contributed by atoms with Crippen LogP contribution in [0.3, 0.4) is 0 Å². The van der Waals surface area contributed by atoms with Crippen molar-refractivity contribution in [2.24, 2.45) is 0 Å². The van der Waals surface area contributed by atoms with Crippen molar-refractivity contribution in [1.29, 1.82) is 0 Å². The van der Waals surface area contributed by atoms with Crippen LogP contribution in [-0.4, -0.2) is 23.7 Å². The van der Waals surface area contributed by atoms with Gasteiger partial charge in [-0.15, -0.1) is 0 Å². The van der Waals surface area contributed by atoms with Gasteiger partial charge in [-0.25, -0.2) is 0 Å². The highest BCUT2D eigenvalue weighted by Crippen LogP contribution is 2.00. The lowest BCUT2D eigenvalue weighted by atomic mass is 10.4. The van der Waals surface area contributed by atoms with Crippen LogP contribution in [0.4, 0.5) is 0 Å². The SMILES string of the molecule is CCOC(=O)CNCc1cccn1CC. The van der Waals surface area contributed by atoms with Gasteiger partial charge >= 0.3 is 5.97 Å². The maximum atomic E-state index is 11.0. The van der Waals surface area contributed by atoms with E-state index in [1.54, 1.807) is 6.92 Å². The predicted octanol–water partition coefficient (Wildman–Crippen LogP) is 1.16. The van der Waals surface area contributed by atoms with Crippen LogP contribution in [0.25, 0.3) is 0 Å². The van der Waals surface area contributed by atoms with Gasteiger partial charge in [0.05, 0.1) is 13.2 Å². The normalized spacial score (nSPS) is 10.3. The van der Waals surface area contributed by atoms with Crippen LogP contribution in [0.2, 0.25) is 0 Å². The molecule has 1 N–H and O–H groups in total. The van der Waals surface area contributed by atoms with Crippen LogP contribution < -0.4 is 5.32 Å². The second kappa shape index (κ2) is 6.24. The number of nitrogens with one attached hydrogen (secondary N) is 1. The molecule has 0 aliphatic heterocycles. The Morgan fingerprint density at radius 3 is 3.00 bits per heavy atom. The minimum atomic E-state index is -0.202. The third-order valence-corrected chi connectivity index (χ3v) is 2.15. The average Bonchev–Trinajstić information content (AvgIpc) is 2.66. The molecule has 1 heterocycles. The third kappa shape index (κ3) is 3.75. The summed E-state index contributed by atoms with van der Waals surface area (Å²) in [5.41, 5.74) is 1.18. The van der Waals surface area contributed by atoms with E-state index in [9.17, 15) is 4.79 Å². The van der Waals surface area contributed by atoms with E-state index >= 15 is 0 Å². The maximum Gasteiger partial charge on any atom is 0.319 e. The molecule has 15 heavy (non-hydrogen) atoms. The lowest BCUT2D eigenvalue weighted by Crippen LogP contribution is -2.25. The first-order valence-electron chi connectivity index (χ1n) is 5.28. The summed E-state index contributed by atoms with van der Waals surface area (Å²) in [6, 6.07) is 4.05. The first-order valence-corrected chi connectivity index (χ1v) is 5.28. The Balaban J connectivity index is 2.28. The van der Waals surface area contributed by atoms with Crippen molar-refractivity contribution in [3.8, 4) is 0 Å². The number of esters is 1. The van der Waals surface area contributed by atoms with Crippen LogP contribution in [-0.2, 0) is 22.6 Å². The number of hydrogen-bond donors (Lipinski definition) is 1. The van der Waals surface area contributed by atoms with E-state index in [4.69, 9.17) is 4.74 Å². The minimum absolute atomic E-state index is 0.202. The Hall–Kier alpha value is -1.29. The second-order valence-corrected chi connectivity index (χ2v) is 3.19. The third-order valence-electron chi connectivity index (χ3n) is 2.15. The van der Waals surface area contributed by atoms with Crippen molar-refractivity contribution >= 4 is 5.97 Å². The molecule has 0 atom stereocenters. The Morgan fingerprint density at radius 2 is 2.33 bits per heavy atom. The van der Waals surface area contributed by atoms with Crippen molar-refractivity contribution in [3.63, 3.8) is 0 Å². The Labute approximate surface area is 90.2 Å². The molecule has 0 radical (unpaired) electrons. The van der Waals surface area contributed by atoms with Crippen LogP contribution in [0.1, 0.15) is 19.5 Å². The molecule has 0 fully saturated rings. The lowest BCUT2D eigenvalue weighted by Gasteiger charge is -2.07. The highest BCUT2D eigenvalue weighted by atomic mass is 16.5. The molecule has 0 spiro atoms. The van der Waals surface area contributed by atoms with Gasteiger partial charge in [-0.1, -0.05) is 0 Å². The topological polar surface area (TPSA) is 43.3 Å². The molecular formula is C11H18N2O2. The number of aromatic nitrogens is 1. The monoisotopic (exact) mass is 210 g/mol. The van der Waals surface area contributed by atoms with E-state index < -0.39 is 0 Å². The molecule has 1 aromatic heterocycles. The molecule has 4 heteroatoms. The summed E-state index contributed by atoms with van der Waals surface area (Å²) in [7, 11) is 0. The number of aryl methyl sites for hydroxylation is 1. The molecule has 0 bridgehead atoms. The van der Waals surface area contributed by atoms with E-state index in [-0.39, 0.29) is 12.5 Å². The summed E-state index contributed by atoms with van der Waals surface area (Å²) in [4.78, 5) is 11.0. The summed E-state index contributed by atoms with van der Waals surface area (Å²) in [5, 5.41) is 3.05. The zero-order chi connectivity index (χ0) is 11.1. The molecule has 1 rings (SSSR count). The molecule has 4 nitrogen and oxygen atoms in total. The van der Waals surface area contributed by atoms with E-state index in [1.165, 1.54) is 5.69 Å². The van der Waals surface area contributed by atoms with Gasteiger partial charge in [0.2, 0.25) is 0 Å². The standard InChI is InChI=1S/C11H18N2O2/c1-3-13-7-5-6-10(13)8-12-9-11(14)15-4-2/h5-7,12H,3-4,8-9H2,1-2H3. The number of carbonyl (C=O) groups is 1. The van der Waals surface area contributed by atoms with E-state index in [0.29, 0.717) is 13.2 Å². The Kier molecular flexibility index (Phi) is 4.90. The molecular weight excluding hydrogens is 192 g/mol. The molecule has 0 amide bonds. The largest absolute Gasteiger partial charge is 0.465 e. The molecule has 0 aromatic carbocycles. The quantitative estimate of drug-likeness (QED) is 0.716. The summed E-state index contributed by atoms with van der Waals surface area (Å²) in [6.45, 7) is 6.24. The Bertz CT molecular complexity index is 307. The van der Waals surface area contributed by atoms with Gasteiger partial charge < -0.3 is 14.6 Å². The fourth-order valence-electron chi connectivity index (χ4n) is 1.42. The van der Waals surface area contributed by atoms with Crippen molar-refractivity contribution in [1.82, 2.24) is 9.88 Å². The average molecular weight is 210 g/mol. The number of nitrogens with zero attached hydrogens (tertiary/aromatic N) is 1. The van der Waals surface area contributed by atoms with Gasteiger partial charge in [0.25, 0.3) is 0 Å². The van der Waals surface area contributed by atoms with Gasteiger partial charge in [0, 0.05) is 25.0 Å². The van der Waals surface area contributed by atoms with Gasteiger partial charge in [-0.3, -0.25) is 4.79 Å². The van der Waals surface area contributed by atoms with E-state index in [2.05, 4.69) is 16.8 Å². The Morgan fingerprint density at radius 1 is 1.53 bits per heavy atom. The number of hydrogen-bond acceptors (Lipinski definition) is 3. The zero-order valence-electron chi connectivity index (χ0n) is 9.32. The number of ether oxygens (including phenoxy) is 1. The van der Waals surface area contributed by atoms with E-state index in [1.807, 2.05) is 18.3 Å². The van der Waals surface area contributed by atoms with Gasteiger partial charge in [0.1, 0.15) is 0 Å². The maximum absolute atomic E-state index is 11.0. The van der Waals surface area contributed by atoms with Crippen LogP contribution in [0, 0.1) is 0 Å². The fourth-order valence-corrected chi connectivity index (χ4v) is 1.42. The van der Waals surface area contributed by atoms with Crippen LogP contribution >= 0.6 is 0 Å². The van der Waals surface area contributed by atoms with Crippen molar-refractivity contribution in [2.45, 2.75) is 26.9 Å². The second-order valence-electron chi connectivity index (χ2n) is 3.19. The zero-order valence-corrected chi connectivity index (χ0v) is 9.32. The first-order chi connectivity index (χ1) is 7.27. The molecule has 0 saturated carbocycles. The van der Waals surface area contributed by atoms with Gasteiger partial charge in [0.15, 0.2) is 0 Å². The van der Waals surface area contributed by atoms with Crippen molar-refractivity contribution < 1.29 is 9.53 Å². The summed E-state index contributed by atoms with van der Waals surface area (Å²) < 4.78 is 6.95. The smallest absolute Gasteiger partial charge is 0.319 e. The van der Waals surface area contributed by atoms with Gasteiger partial charge in [-0.05, 0) is 26.0 Å². The van der Waals surface area contributed by atoms with Crippen molar-refractivity contribution in [3.05, 3.63) is 24.0 Å². The van der Waals surface area contributed by atoms with E-state index in [0.717, 1.165) is 6.54 Å².